The first-order valence-corrected chi connectivity index (χ1v) is 9.94. The lowest BCUT2D eigenvalue weighted by Crippen LogP contribution is -2.43. The summed E-state index contributed by atoms with van der Waals surface area (Å²) in [6.45, 7) is 6.76. The third-order valence-electron chi connectivity index (χ3n) is 3.40. The van der Waals surface area contributed by atoms with Gasteiger partial charge in [-0.05, 0) is 18.5 Å². The summed E-state index contributed by atoms with van der Waals surface area (Å²) in [5.74, 6) is 0. The number of ether oxygens (including phenoxy) is 4. The van der Waals surface area contributed by atoms with Crippen molar-refractivity contribution < 1.29 is 27.8 Å². The lowest BCUT2D eigenvalue weighted by atomic mass is 10.5. The summed E-state index contributed by atoms with van der Waals surface area (Å²) < 4.78 is 32.9. The van der Waals surface area contributed by atoms with E-state index in [1.54, 1.807) is 14.2 Å². The second-order valence-corrected chi connectivity index (χ2v) is 8.69. The molecule has 0 bridgehead atoms. The van der Waals surface area contributed by atoms with E-state index in [0.717, 1.165) is 31.7 Å². The number of epoxide rings is 1. The zero-order chi connectivity index (χ0) is 15.4. The first-order chi connectivity index (χ1) is 10.3. The van der Waals surface area contributed by atoms with Gasteiger partial charge in [0, 0.05) is 20.8 Å². The fourth-order valence-corrected chi connectivity index (χ4v) is 4.74. The second kappa shape index (κ2) is 11.5. The van der Waals surface area contributed by atoms with E-state index < -0.39 is 8.56 Å². The minimum Gasteiger partial charge on any atom is -0.392 e. The highest BCUT2D eigenvalue weighted by Gasteiger charge is 2.35. The average molecular weight is 322 g/mol. The van der Waals surface area contributed by atoms with Crippen LogP contribution in [0.2, 0.25) is 12.1 Å². The molecule has 1 aliphatic rings. The topological polar surface area (TPSA) is 58.7 Å². The Hall–Kier alpha value is -0.0231. The molecule has 1 aliphatic heterocycles. The molecule has 1 fully saturated rings. The Morgan fingerprint density at radius 3 is 2.10 bits per heavy atom. The van der Waals surface area contributed by atoms with E-state index in [0.29, 0.717) is 39.1 Å². The Balaban J connectivity index is 2.27. The van der Waals surface area contributed by atoms with Crippen LogP contribution in [0.3, 0.4) is 0 Å². The molecule has 0 aliphatic carbocycles. The largest absolute Gasteiger partial charge is 0.392 e. The maximum absolute atomic E-state index is 6.06. The molecule has 0 aromatic rings. The van der Waals surface area contributed by atoms with E-state index in [9.17, 15) is 0 Å². The summed E-state index contributed by atoms with van der Waals surface area (Å²) >= 11 is 0. The van der Waals surface area contributed by atoms with Gasteiger partial charge in [-0.1, -0.05) is 6.92 Å². The molecule has 0 spiro atoms. The van der Waals surface area contributed by atoms with Crippen molar-refractivity contribution in [3.63, 3.8) is 0 Å². The van der Waals surface area contributed by atoms with Crippen molar-refractivity contribution in [3.05, 3.63) is 0 Å². The highest BCUT2D eigenvalue weighted by Crippen LogP contribution is 2.21. The van der Waals surface area contributed by atoms with Crippen LogP contribution in [-0.2, 0) is 27.8 Å². The van der Waals surface area contributed by atoms with E-state index in [1.165, 1.54) is 0 Å². The zero-order valence-electron chi connectivity index (χ0n) is 13.6. The summed E-state index contributed by atoms with van der Waals surface area (Å²) in [5.41, 5.74) is 0. The Labute approximate surface area is 129 Å². The van der Waals surface area contributed by atoms with Crippen LogP contribution in [0.25, 0.3) is 0 Å². The van der Waals surface area contributed by atoms with Crippen LogP contribution in [0.15, 0.2) is 0 Å². The predicted molar refractivity (Wildman–Crippen MR) is 81.9 cm³/mol. The molecule has 1 atom stereocenters. The molecule has 0 aromatic carbocycles. The first-order valence-electron chi connectivity index (χ1n) is 7.71. The van der Waals surface area contributed by atoms with E-state index >= 15 is 0 Å². The summed E-state index contributed by atoms with van der Waals surface area (Å²) in [5, 5.41) is 0. The number of methoxy groups -OCH3 is 2. The van der Waals surface area contributed by atoms with Gasteiger partial charge >= 0.3 is 8.56 Å². The standard InChI is InChI=1S/C14H30O6Si/c1-4-21(19-9-7-15-2,20-10-8-16-3)11-5-6-17-12-14-13-18-14/h14H,4-13H2,1-3H3. The Bertz CT molecular complexity index is 240. The molecule has 0 amide bonds. The summed E-state index contributed by atoms with van der Waals surface area (Å²) in [7, 11) is 1.18. The van der Waals surface area contributed by atoms with Crippen LogP contribution in [0.4, 0.5) is 0 Å². The lowest BCUT2D eigenvalue weighted by molar-refractivity contribution is 0.0818. The van der Waals surface area contributed by atoms with E-state index in [1.807, 2.05) is 0 Å². The van der Waals surface area contributed by atoms with Crippen molar-refractivity contribution in [1.82, 2.24) is 0 Å². The van der Waals surface area contributed by atoms with Crippen LogP contribution < -0.4 is 0 Å². The van der Waals surface area contributed by atoms with Crippen LogP contribution in [0.5, 0.6) is 0 Å². The smallest absolute Gasteiger partial charge is 0.338 e. The van der Waals surface area contributed by atoms with Crippen LogP contribution >= 0.6 is 0 Å². The van der Waals surface area contributed by atoms with Crippen molar-refractivity contribution in [2.75, 3.05) is 60.5 Å². The van der Waals surface area contributed by atoms with Gasteiger partial charge in [-0.2, -0.15) is 0 Å². The molecule has 0 aromatic heterocycles. The van der Waals surface area contributed by atoms with E-state index in [4.69, 9.17) is 27.8 Å². The van der Waals surface area contributed by atoms with E-state index in [2.05, 4.69) is 6.92 Å². The van der Waals surface area contributed by atoms with Gasteiger partial charge in [0.25, 0.3) is 0 Å². The normalized spacial score (nSPS) is 18.1. The third kappa shape index (κ3) is 8.87. The molecule has 21 heavy (non-hydrogen) atoms. The minimum atomic E-state index is -2.18. The van der Waals surface area contributed by atoms with Gasteiger partial charge in [0.2, 0.25) is 0 Å². The van der Waals surface area contributed by atoms with Crippen molar-refractivity contribution in [2.45, 2.75) is 31.5 Å². The SMILES string of the molecule is CC[Si](CCCOCC1CO1)(OCCOC)OCCOC. The van der Waals surface area contributed by atoms with Gasteiger partial charge in [0.15, 0.2) is 0 Å². The zero-order valence-corrected chi connectivity index (χ0v) is 14.6. The fraction of sp³-hybridized carbons (Fsp3) is 1.00. The number of hydrogen-bond donors (Lipinski definition) is 0. The summed E-state index contributed by atoms with van der Waals surface area (Å²) in [6.07, 6.45) is 1.28. The van der Waals surface area contributed by atoms with Gasteiger partial charge in [0.05, 0.1) is 39.6 Å². The molecule has 7 heteroatoms. The van der Waals surface area contributed by atoms with Gasteiger partial charge in [-0.25, -0.2) is 0 Å². The van der Waals surface area contributed by atoms with Gasteiger partial charge in [-0.15, -0.1) is 0 Å². The maximum atomic E-state index is 6.06. The molecule has 6 nitrogen and oxygen atoms in total. The van der Waals surface area contributed by atoms with Crippen LogP contribution in [0.1, 0.15) is 13.3 Å². The lowest BCUT2D eigenvalue weighted by Gasteiger charge is -2.29. The van der Waals surface area contributed by atoms with Crippen molar-refractivity contribution >= 4 is 8.56 Å². The predicted octanol–water partition coefficient (Wildman–Crippen LogP) is 1.58. The molecular formula is C14H30O6Si. The first kappa shape index (κ1) is 19.0. The molecule has 0 radical (unpaired) electrons. The fourth-order valence-electron chi connectivity index (χ4n) is 2.01. The van der Waals surface area contributed by atoms with Gasteiger partial charge in [-0.3, -0.25) is 0 Å². The Morgan fingerprint density at radius 2 is 1.62 bits per heavy atom. The van der Waals surface area contributed by atoms with E-state index in [-0.39, 0.29) is 0 Å². The van der Waals surface area contributed by atoms with Crippen molar-refractivity contribution in [2.24, 2.45) is 0 Å². The molecule has 1 saturated heterocycles. The number of hydrogen-bond acceptors (Lipinski definition) is 6. The number of rotatable bonds is 15. The van der Waals surface area contributed by atoms with Gasteiger partial charge in [0.1, 0.15) is 6.10 Å². The molecule has 1 heterocycles. The molecule has 1 rings (SSSR count). The van der Waals surface area contributed by atoms with Crippen LogP contribution in [-0.4, -0.2) is 75.1 Å². The third-order valence-corrected chi connectivity index (χ3v) is 7.05. The highest BCUT2D eigenvalue weighted by molar-refractivity contribution is 6.67. The van der Waals surface area contributed by atoms with Crippen molar-refractivity contribution in [1.29, 1.82) is 0 Å². The maximum Gasteiger partial charge on any atom is 0.338 e. The Kier molecular flexibility index (Phi) is 10.4. The molecular weight excluding hydrogens is 292 g/mol. The minimum absolute atomic E-state index is 0.328. The van der Waals surface area contributed by atoms with Crippen LogP contribution in [0, 0.1) is 0 Å². The van der Waals surface area contributed by atoms with Crippen molar-refractivity contribution in [3.8, 4) is 0 Å². The quantitative estimate of drug-likeness (QED) is 0.259. The molecule has 126 valence electrons. The monoisotopic (exact) mass is 322 g/mol. The molecule has 1 unspecified atom stereocenters. The average Bonchev–Trinajstić information content (AvgIpc) is 3.31. The van der Waals surface area contributed by atoms with Gasteiger partial charge < -0.3 is 27.8 Å². The molecule has 0 N–H and O–H groups in total. The second-order valence-electron chi connectivity index (χ2n) is 5.08. The Morgan fingerprint density at radius 1 is 1.00 bits per heavy atom. The summed E-state index contributed by atoms with van der Waals surface area (Å²) in [4.78, 5) is 0. The molecule has 0 saturated carbocycles. The summed E-state index contributed by atoms with van der Waals surface area (Å²) in [6, 6.07) is 1.86. The highest BCUT2D eigenvalue weighted by atomic mass is 28.4.